The molecule has 4 atom stereocenters. The minimum Gasteiger partial charge on any atom is -0.481 e. The molecule has 50 heavy (non-hydrogen) atoms. The predicted molar refractivity (Wildman–Crippen MR) is 183 cm³/mol. The summed E-state index contributed by atoms with van der Waals surface area (Å²) >= 11 is 0. The van der Waals surface area contributed by atoms with Crippen LogP contribution in [0.3, 0.4) is 0 Å². The largest absolute Gasteiger partial charge is 0.481 e. The molecule has 0 aromatic heterocycles. The van der Waals surface area contributed by atoms with Crippen LogP contribution in [0.5, 0.6) is 0 Å². The van der Waals surface area contributed by atoms with Gasteiger partial charge >= 0.3 is 11.9 Å². The van der Waals surface area contributed by atoms with Gasteiger partial charge in [-0.3, -0.25) is 24.0 Å². The molecule has 0 aliphatic carbocycles. The highest BCUT2D eigenvalue weighted by Gasteiger charge is 2.58. The maximum atomic E-state index is 13.8. The Hall–Kier alpha value is -3.42. The number of carboxylic acid groups (broad SMARTS) is 1. The second-order valence-corrected chi connectivity index (χ2v) is 12.4. The number of carbonyl (C=O) groups excluding carboxylic acids is 5. The molecule has 0 radical (unpaired) electrons. The zero-order valence-electron chi connectivity index (χ0n) is 30.1. The van der Waals surface area contributed by atoms with Gasteiger partial charge in [0, 0.05) is 26.1 Å². The summed E-state index contributed by atoms with van der Waals surface area (Å²) in [7, 11) is 1.17. The van der Waals surface area contributed by atoms with E-state index in [0.717, 1.165) is 19.3 Å². The first kappa shape index (κ1) is 46.6. The van der Waals surface area contributed by atoms with Crippen LogP contribution in [-0.2, 0) is 47.7 Å². The monoisotopic (exact) mass is 719 g/mol. The summed E-state index contributed by atoms with van der Waals surface area (Å²) in [5, 5.41) is 19.5. The van der Waals surface area contributed by atoms with Gasteiger partial charge in [-0.05, 0) is 33.6 Å². The van der Waals surface area contributed by atoms with Crippen LogP contribution in [0.1, 0.15) is 72.1 Å². The number of amides is 4. The number of carbonyl (C=O) groups is 6. The number of aliphatic carboxylic acids is 1. The molecule has 0 spiro atoms. The van der Waals surface area contributed by atoms with Crippen LogP contribution in [0.15, 0.2) is 0 Å². The fraction of sp³-hybridized carbons (Fsp3) is 0.812. The molecule has 0 aliphatic heterocycles. The van der Waals surface area contributed by atoms with E-state index in [9.17, 15) is 28.8 Å². The highest BCUT2D eigenvalue weighted by molar-refractivity contribution is 5.85. The summed E-state index contributed by atoms with van der Waals surface area (Å²) in [5.74, 6) is -2.83. The van der Waals surface area contributed by atoms with E-state index in [0.29, 0.717) is 25.7 Å². The van der Waals surface area contributed by atoms with E-state index in [2.05, 4.69) is 21.3 Å². The Morgan fingerprint density at radius 1 is 0.680 bits per heavy atom. The molecule has 0 rings (SSSR count). The fourth-order valence-corrected chi connectivity index (χ4v) is 5.03. The number of carboxylic acids is 1. The summed E-state index contributed by atoms with van der Waals surface area (Å²) in [6.07, 6.45) is 4.86. The summed E-state index contributed by atoms with van der Waals surface area (Å²) in [5.41, 5.74) is 13.7. The number of hydrogen-bond donors (Lipinski definition) is 8. The van der Waals surface area contributed by atoms with Crippen molar-refractivity contribution in [3.63, 3.8) is 0 Å². The zero-order valence-corrected chi connectivity index (χ0v) is 30.1. The molecule has 0 saturated carbocycles. The Morgan fingerprint density at radius 2 is 1.08 bits per heavy atom. The van der Waals surface area contributed by atoms with Crippen molar-refractivity contribution in [2.75, 3.05) is 66.4 Å². The summed E-state index contributed by atoms with van der Waals surface area (Å²) in [6, 6.07) is -2.20. The van der Waals surface area contributed by atoms with Crippen LogP contribution in [0.4, 0.5) is 0 Å². The second kappa shape index (κ2) is 26.4. The van der Waals surface area contributed by atoms with Crippen molar-refractivity contribution in [2.45, 2.75) is 95.8 Å². The molecule has 4 unspecified atom stereocenters. The second-order valence-electron chi connectivity index (χ2n) is 12.4. The smallest absolute Gasteiger partial charge is 0.334 e. The molecule has 18 nitrogen and oxygen atoms in total. The maximum absolute atomic E-state index is 13.8. The van der Waals surface area contributed by atoms with Gasteiger partial charge in [0.15, 0.2) is 5.54 Å². The van der Waals surface area contributed by atoms with E-state index in [1.54, 1.807) is 13.8 Å². The molecule has 11 N–H and O–H groups in total. The number of nitrogens with two attached hydrogens (primary N) is 3. The van der Waals surface area contributed by atoms with E-state index in [1.807, 2.05) is 0 Å². The van der Waals surface area contributed by atoms with Gasteiger partial charge in [0.2, 0.25) is 24.1 Å². The van der Waals surface area contributed by atoms with Gasteiger partial charge in [0.25, 0.3) is 0 Å². The molecule has 0 bridgehead atoms. The van der Waals surface area contributed by atoms with Gasteiger partial charge in [-0.25, -0.2) is 4.79 Å². The lowest BCUT2D eigenvalue weighted by atomic mass is 9.67. The fourth-order valence-electron chi connectivity index (χ4n) is 5.03. The standard InChI is InChI=1S/C32H61N7O11/c1-23(33)27(43)36-13-16-48-19-31(20-49-17-14-37-28(44)24(2)34,12-10-8-6-5-7-9-11-26(41)42)32(39-22-40,30(46)47-4)21-50-18-15-38-29(45)25(3)35/h22-25H,5-21,33-35H2,1-4H3,(H,36,43)(H,37,44)(H,38,45)(H,39,40)(H,41,42). The van der Waals surface area contributed by atoms with E-state index in [4.69, 9.17) is 41.3 Å². The zero-order chi connectivity index (χ0) is 38.0. The molecular formula is C32H61N7O11. The van der Waals surface area contributed by atoms with Gasteiger partial charge in [-0.2, -0.15) is 0 Å². The topological polar surface area (TPSA) is 286 Å². The molecule has 0 saturated heterocycles. The Kier molecular flexibility index (Phi) is 24.6. The molecule has 0 heterocycles. The molecular weight excluding hydrogens is 658 g/mol. The number of rotatable bonds is 31. The number of hydrogen-bond acceptors (Lipinski definition) is 13. The summed E-state index contributed by atoms with van der Waals surface area (Å²) < 4.78 is 23.2. The normalized spacial score (nSPS) is 15.3. The summed E-state index contributed by atoms with van der Waals surface area (Å²) in [6.45, 7) is 4.19. The predicted octanol–water partition coefficient (Wildman–Crippen LogP) is -1.72. The molecule has 290 valence electrons. The maximum Gasteiger partial charge on any atom is 0.334 e. The molecule has 0 fully saturated rings. The van der Waals surface area contributed by atoms with Gasteiger partial charge in [0.1, 0.15) is 0 Å². The van der Waals surface area contributed by atoms with E-state index in [-0.39, 0.29) is 77.3 Å². The number of esters is 1. The Balaban J connectivity index is 6.38. The minimum absolute atomic E-state index is 0.0245. The first-order valence-electron chi connectivity index (χ1n) is 17.0. The van der Waals surface area contributed by atoms with Crippen molar-refractivity contribution in [1.29, 1.82) is 0 Å². The lowest BCUT2D eigenvalue weighted by Crippen LogP contribution is -2.69. The average Bonchev–Trinajstić information content (AvgIpc) is 3.06. The molecule has 4 amide bonds. The number of unbranched alkanes of at least 4 members (excludes halogenated alkanes) is 5. The van der Waals surface area contributed by atoms with Crippen LogP contribution in [-0.4, -0.2) is 131 Å². The van der Waals surface area contributed by atoms with Crippen LogP contribution < -0.4 is 38.5 Å². The average molecular weight is 720 g/mol. The van der Waals surface area contributed by atoms with Crippen molar-refractivity contribution in [3.05, 3.63) is 0 Å². The van der Waals surface area contributed by atoms with Crippen LogP contribution in [0.2, 0.25) is 0 Å². The third-order valence-electron chi connectivity index (χ3n) is 7.99. The van der Waals surface area contributed by atoms with Crippen molar-refractivity contribution < 1.29 is 52.8 Å². The number of methoxy groups -OCH3 is 1. The minimum atomic E-state index is -1.86. The van der Waals surface area contributed by atoms with Crippen LogP contribution >= 0.6 is 0 Å². The Morgan fingerprint density at radius 3 is 1.46 bits per heavy atom. The van der Waals surface area contributed by atoms with Crippen molar-refractivity contribution in [1.82, 2.24) is 21.3 Å². The van der Waals surface area contributed by atoms with Gasteiger partial charge in [-0.1, -0.05) is 32.1 Å². The Bertz CT molecular complexity index is 1000. The first-order valence-corrected chi connectivity index (χ1v) is 17.0. The van der Waals surface area contributed by atoms with Gasteiger partial charge in [-0.15, -0.1) is 0 Å². The summed E-state index contributed by atoms with van der Waals surface area (Å²) in [4.78, 5) is 72.7. The lowest BCUT2D eigenvalue weighted by Gasteiger charge is -2.47. The third-order valence-corrected chi connectivity index (χ3v) is 7.99. The van der Waals surface area contributed by atoms with Crippen molar-refractivity contribution in [3.8, 4) is 0 Å². The van der Waals surface area contributed by atoms with E-state index >= 15 is 0 Å². The molecule has 18 heteroatoms. The quantitative estimate of drug-likeness (QED) is 0.0225. The SMILES string of the molecule is COC(=O)C(COCCNC(=O)C(C)N)(NC=O)C(CCCCCCCCC(=O)O)(COCCNC(=O)C(C)N)COCCNC(=O)C(C)N. The highest BCUT2D eigenvalue weighted by Crippen LogP contribution is 2.40. The molecule has 0 aliphatic rings. The first-order chi connectivity index (χ1) is 23.7. The van der Waals surface area contributed by atoms with E-state index < -0.39 is 53.5 Å². The lowest BCUT2D eigenvalue weighted by molar-refractivity contribution is -0.173. The Labute approximate surface area is 294 Å². The van der Waals surface area contributed by atoms with Gasteiger partial charge < -0.3 is 62.5 Å². The van der Waals surface area contributed by atoms with Crippen molar-refractivity contribution >= 4 is 36.1 Å². The highest BCUT2D eigenvalue weighted by atomic mass is 16.5. The number of ether oxygens (including phenoxy) is 4. The number of nitrogens with one attached hydrogen (secondary N) is 4. The van der Waals surface area contributed by atoms with Gasteiger partial charge in [0.05, 0.1) is 70.3 Å². The molecule has 0 aromatic rings. The third kappa shape index (κ3) is 18.0. The van der Waals surface area contributed by atoms with E-state index in [1.165, 1.54) is 14.0 Å². The van der Waals surface area contributed by atoms with Crippen LogP contribution in [0, 0.1) is 5.41 Å². The van der Waals surface area contributed by atoms with Crippen molar-refractivity contribution in [2.24, 2.45) is 22.6 Å². The molecule has 0 aromatic carbocycles. The van der Waals surface area contributed by atoms with Crippen LogP contribution in [0.25, 0.3) is 0 Å².